The first kappa shape index (κ1) is 15.3. The van der Waals surface area contributed by atoms with Crippen LogP contribution in [0.15, 0.2) is 0 Å². The van der Waals surface area contributed by atoms with Crippen molar-refractivity contribution in [3.8, 4) is 0 Å². The molecule has 1 N–H and O–H groups in total. The van der Waals surface area contributed by atoms with Crippen molar-refractivity contribution in [2.24, 2.45) is 0 Å². The van der Waals surface area contributed by atoms with Crippen molar-refractivity contribution in [3.05, 3.63) is 0 Å². The number of hydrogen-bond acceptors (Lipinski definition) is 3. The molecule has 0 rings (SSSR count). The number of rotatable bonds is 4. The lowest BCUT2D eigenvalue weighted by molar-refractivity contribution is 0.434. The summed E-state index contributed by atoms with van der Waals surface area (Å²) in [7, 11) is 0.425. The van der Waals surface area contributed by atoms with Crippen LogP contribution < -0.4 is 0 Å². The van der Waals surface area contributed by atoms with E-state index in [0.29, 0.717) is 6.42 Å². The molecule has 5 heteroatoms. The highest BCUT2D eigenvalue weighted by Crippen LogP contribution is 1.90. The van der Waals surface area contributed by atoms with Crippen molar-refractivity contribution in [1.29, 1.82) is 0 Å². The number of hydrogen-bond donors (Lipinski definition) is 1. The third-order valence-electron chi connectivity index (χ3n) is 1.39. The maximum Gasteiger partial charge on any atom is 0.264 e. The molecule has 0 saturated carbocycles. The Kier molecular flexibility index (Phi) is 10.00. The van der Waals surface area contributed by atoms with E-state index in [1.165, 1.54) is 0 Å². The molecular weight excluding hydrogens is 190 g/mol. The van der Waals surface area contributed by atoms with Crippen LogP contribution in [0.3, 0.4) is 0 Å². The quantitative estimate of drug-likeness (QED) is 0.711. The molecule has 0 aliphatic carbocycles. The Balaban J connectivity index is 0. The molecule has 0 bridgehead atoms. The van der Waals surface area contributed by atoms with Gasteiger partial charge in [0.2, 0.25) is 0 Å². The molecule has 0 aliphatic rings. The first-order chi connectivity index (χ1) is 5.83. The molecule has 0 atom stereocenters. The fraction of sp³-hybridized carbons (Fsp3) is 1.00. The Morgan fingerprint density at radius 2 is 1.62 bits per heavy atom. The van der Waals surface area contributed by atoms with Crippen molar-refractivity contribution in [2.75, 3.05) is 26.4 Å². The zero-order valence-electron chi connectivity index (χ0n) is 8.95. The van der Waals surface area contributed by atoms with E-state index in [-0.39, 0.29) is 5.75 Å². The summed E-state index contributed by atoms with van der Waals surface area (Å²) in [4.78, 5) is 2.12. The lowest BCUT2D eigenvalue weighted by Crippen LogP contribution is -2.08. The number of unbranched alkanes of at least 4 members (excludes halogenated alkanes) is 1. The predicted octanol–water partition coefficient (Wildman–Crippen LogP) is 1.24. The SMILES string of the molecule is CCCCS(=O)(=O)O.CCN(C)C. The Labute approximate surface area is 81.7 Å². The fourth-order valence-corrected chi connectivity index (χ4v) is 0.980. The molecule has 0 aromatic carbocycles. The van der Waals surface area contributed by atoms with Gasteiger partial charge in [-0.3, -0.25) is 4.55 Å². The second-order valence-corrected chi connectivity index (χ2v) is 4.61. The first-order valence-electron chi connectivity index (χ1n) is 4.43. The second-order valence-electron chi connectivity index (χ2n) is 3.04. The van der Waals surface area contributed by atoms with Crippen LogP contribution >= 0.6 is 0 Å². The van der Waals surface area contributed by atoms with E-state index in [9.17, 15) is 8.42 Å². The van der Waals surface area contributed by atoms with E-state index in [1.54, 1.807) is 0 Å². The Hall–Kier alpha value is -0.130. The highest BCUT2D eigenvalue weighted by atomic mass is 32.2. The van der Waals surface area contributed by atoms with Crippen molar-refractivity contribution in [2.45, 2.75) is 26.7 Å². The summed E-state index contributed by atoms with van der Waals surface area (Å²) in [6.45, 7) is 5.13. The van der Waals surface area contributed by atoms with Crippen LogP contribution in [0.5, 0.6) is 0 Å². The van der Waals surface area contributed by atoms with Crippen LogP contribution in [0.25, 0.3) is 0 Å². The van der Waals surface area contributed by atoms with E-state index in [0.717, 1.165) is 13.0 Å². The Morgan fingerprint density at radius 1 is 1.23 bits per heavy atom. The van der Waals surface area contributed by atoms with E-state index in [4.69, 9.17) is 4.55 Å². The molecule has 0 aromatic heterocycles. The molecule has 0 spiro atoms. The van der Waals surface area contributed by atoms with Gasteiger partial charge in [-0.2, -0.15) is 8.42 Å². The van der Waals surface area contributed by atoms with Gasteiger partial charge in [0.1, 0.15) is 0 Å². The summed E-state index contributed by atoms with van der Waals surface area (Å²) >= 11 is 0. The van der Waals surface area contributed by atoms with Crippen LogP contribution in [-0.4, -0.2) is 44.3 Å². The van der Waals surface area contributed by atoms with Gasteiger partial charge in [-0.05, 0) is 27.1 Å². The van der Waals surface area contributed by atoms with E-state index >= 15 is 0 Å². The third-order valence-corrected chi connectivity index (χ3v) is 2.19. The highest BCUT2D eigenvalue weighted by Gasteiger charge is 2.00. The van der Waals surface area contributed by atoms with Crippen LogP contribution in [0.2, 0.25) is 0 Å². The van der Waals surface area contributed by atoms with E-state index in [1.807, 2.05) is 6.92 Å². The summed E-state index contributed by atoms with van der Waals surface area (Å²) in [6.07, 6.45) is 1.33. The van der Waals surface area contributed by atoms with Gasteiger partial charge in [0.05, 0.1) is 5.75 Å². The van der Waals surface area contributed by atoms with Gasteiger partial charge in [-0.15, -0.1) is 0 Å². The Morgan fingerprint density at radius 3 is 1.69 bits per heavy atom. The normalized spacial score (nSPS) is 10.9. The molecule has 13 heavy (non-hydrogen) atoms. The predicted molar refractivity (Wildman–Crippen MR) is 55.6 cm³/mol. The van der Waals surface area contributed by atoms with Crippen LogP contribution in [0.4, 0.5) is 0 Å². The first-order valence-corrected chi connectivity index (χ1v) is 6.04. The molecule has 0 radical (unpaired) electrons. The van der Waals surface area contributed by atoms with Crippen LogP contribution in [0, 0.1) is 0 Å². The van der Waals surface area contributed by atoms with Gasteiger partial charge >= 0.3 is 0 Å². The minimum Gasteiger partial charge on any atom is -0.310 e. The molecule has 0 aliphatic heterocycles. The zero-order chi connectivity index (χ0) is 10.9. The largest absolute Gasteiger partial charge is 0.310 e. The van der Waals surface area contributed by atoms with Crippen LogP contribution in [0.1, 0.15) is 26.7 Å². The molecule has 4 nitrogen and oxygen atoms in total. The molecule has 0 amide bonds. The van der Waals surface area contributed by atoms with Crippen LogP contribution in [-0.2, 0) is 10.1 Å². The van der Waals surface area contributed by atoms with Gasteiger partial charge in [-0.1, -0.05) is 20.3 Å². The smallest absolute Gasteiger partial charge is 0.264 e. The monoisotopic (exact) mass is 211 g/mol. The average molecular weight is 211 g/mol. The summed E-state index contributed by atoms with van der Waals surface area (Å²) < 4.78 is 28.0. The maximum absolute atomic E-state index is 9.95. The fourth-order valence-electron chi connectivity index (χ4n) is 0.327. The van der Waals surface area contributed by atoms with E-state index < -0.39 is 10.1 Å². The van der Waals surface area contributed by atoms with E-state index in [2.05, 4.69) is 25.9 Å². The average Bonchev–Trinajstić information content (AvgIpc) is 2.00. The van der Waals surface area contributed by atoms with Crippen molar-refractivity contribution >= 4 is 10.1 Å². The third kappa shape index (κ3) is 24.5. The Bertz CT molecular complexity index is 188. The van der Waals surface area contributed by atoms with Crippen molar-refractivity contribution < 1.29 is 13.0 Å². The molecule has 0 unspecified atom stereocenters. The van der Waals surface area contributed by atoms with Gasteiger partial charge in [0, 0.05) is 0 Å². The molecular formula is C8H21NO3S. The topological polar surface area (TPSA) is 57.6 Å². The molecule has 0 aromatic rings. The van der Waals surface area contributed by atoms with Gasteiger partial charge in [0.15, 0.2) is 0 Å². The number of nitrogens with zero attached hydrogens (tertiary/aromatic N) is 1. The minimum atomic E-state index is -3.69. The van der Waals surface area contributed by atoms with Crippen molar-refractivity contribution in [1.82, 2.24) is 4.90 Å². The summed E-state index contributed by atoms with van der Waals surface area (Å²) in [5, 5.41) is 0. The molecule has 0 heterocycles. The molecule has 82 valence electrons. The molecule has 0 fully saturated rings. The maximum atomic E-state index is 9.95. The second kappa shape index (κ2) is 8.47. The standard InChI is InChI=1S/C4H11N.C4H10O3S/c1-4-5(2)3;1-2-3-4-8(5,6)7/h4H2,1-3H3;2-4H2,1H3,(H,5,6,7). The molecule has 0 saturated heterocycles. The summed E-state index contributed by atoms with van der Waals surface area (Å²) in [6, 6.07) is 0. The van der Waals surface area contributed by atoms with Crippen molar-refractivity contribution in [3.63, 3.8) is 0 Å². The zero-order valence-corrected chi connectivity index (χ0v) is 9.76. The van der Waals surface area contributed by atoms with Gasteiger partial charge in [0.25, 0.3) is 10.1 Å². The summed E-state index contributed by atoms with van der Waals surface area (Å²) in [5.74, 6) is -0.108. The lowest BCUT2D eigenvalue weighted by Gasteiger charge is -2.00. The summed E-state index contributed by atoms with van der Waals surface area (Å²) in [5.41, 5.74) is 0. The van der Waals surface area contributed by atoms with Gasteiger partial charge < -0.3 is 4.90 Å². The lowest BCUT2D eigenvalue weighted by atomic mass is 10.4. The highest BCUT2D eigenvalue weighted by molar-refractivity contribution is 7.85. The minimum absolute atomic E-state index is 0.108. The van der Waals surface area contributed by atoms with Gasteiger partial charge in [-0.25, -0.2) is 0 Å².